The Balaban J connectivity index is 1.58. The molecule has 4 aromatic rings. The largest absolute Gasteiger partial charge is 0.488 e. The van der Waals surface area contributed by atoms with Crippen LogP contribution in [0.4, 0.5) is 5.69 Å². The predicted molar refractivity (Wildman–Crippen MR) is 155 cm³/mol. The van der Waals surface area contributed by atoms with Crippen molar-refractivity contribution in [3.63, 3.8) is 0 Å². The number of benzene rings is 4. The van der Waals surface area contributed by atoms with Gasteiger partial charge < -0.3 is 14.8 Å². The average molecular weight is 572 g/mol. The summed E-state index contributed by atoms with van der Waals surface area (Å²) in [6.45, 7) is 5.78. The lowest BCUT2D eigenvalue weighted by Gasteiger charge is -2.21. The Morgan fingerprint density at radius 2 is 1.47 bits per heavy atom. The molecule has 0 radical (unpaired) electrons. The van der Waals surface area contributed by atoms with Crippen molar-refractivity contribution in [1.82, 2.24) is 0 Å². The van der Waals surface area contributed by atoms with Crippen molar-refractivity contribution in [2.45, 2.75) is 33.0 Å². The molecule has 0 aliphatic rings. The van der Waals surface area contributed by atoms with Gasteiger partial charge in [0.1, 0.15) is 18.0 Å². The van der Waals surface area contributed by atoms with Gasteiger partial charge in [0, 0.05) is 10.2 Å². The maximum atomic E-state index is 13.4. The number of carbonyl (C=O) groups is 2. The van der Waals surface area contributed by atoms with E-state index in [-0.39, 0.29) is 12.3 Å². The van der Waals surface area contributed by atoms with Crippen molar-refractivity contribution in [1.29, 1.82) is 0 Å². The van der Waals surface area contributed by atoms with Crippen LogP contribution in [0.25, 0.3) is 11.1 Å². The van der Waals surface area contributed by atoms with Crippen molar-refractivity contribution in [3.8, 4) is 16.9 Å². The molecule has 0 spiro atoms. The Morgan fingerprint density at radius 3 is 2.16 bits per heavy atom. The fourth-order valence-corrected chi connectivity index (χ4v) is 4.22. The maximum absolute atomic E-state index is 13.4. The first-order valence-electron chi connectivity index (χ1n) is 12.4. The van der Waals surface area contributed by atoms with Crippen LogP contribution in [-0.2, 0) is 11.3 Å². The number of halogens is 1. The number of ether oxygens (including phenoxy) is 2. The van der Waals surface area contributed by atoms with Gasteiger partial charge in [-0.2, -0.15) is 0 Å². The van der Waals surface area contributed by atoms with Gasteiger partial charge in [-0.25, -0.2) is 4.79 Å². The summed E-state index contributed by atoms with van der Waals surface area (Å²) in [4.78, 5) is 26.4. The maximum Gasteiger partial charge on any atom is 0.340 e. The molecule has 194 valence electrons. The fraction of sp³-hybridized carbons (Fsp3) is 0.188. The van der Waals surface area contributed by atoms with E-state index in [1.807, 2.05) is 99.6 Å². The Labute approximate surface area is 231 Å². The fourth-order valence-electron chi connectivity index (χ4n) is 3.86. The molecule has 0 atom stereocenters. The number of Topliss-reactive ketones (excluding diaryl/α,β-unsaturated/α-hetero) is 1. The van der Waals surface area contributed by atoms with Gasteiger partial charge in [0.2, 0.25) is 0 Å². The predicted octanol–water partition coefficient (Wildman–Crippen LogP) is 7.95. The van der Waals surface area contributed by atoms with E-state index < -0.39 is 11.6 Å². The highest BCUT2D eigenvalue weighted by Gasteiger charge is 2.22. The molecule has 0 aliphatic carbocycles. The van der Waals surface area contributed by atoms with E-state index in [4.69, 9.17) is 9.47 Å². The number of ketones is 1. The summed E-state index contributed by atoms with van der Waals surface area (Å²) in [5.74, 6) is -0.134. The molecule has 6 heteroatoms. The smallest absolute Gasteiger partial charge is 0.340 e. The number of rotatable bonds is 9. The van der Waals surface area contributed by atoms with Gasteiger partial charge in [-0.05, 0) is 67.8 Å². The zero-order chi connectivity index (χ0) is 27.1. The van der Waals surface area contributed by atoms with Gasteiger partial charge in [-0.1, -0.05) is 82.7 Å². The van der Waals surface area contributed by atoms with E-state index >= 15 is 0 Å². The Kier molecular flexibility index (Phi) is 8.64. The number of anilines is 1. The zero-order valence-electron chi connectivity index (χ0n) is 21.7. The van der Waals surface area contributed by atoms with Crippen molar-refractivity contribution in [3.05, 3.63) is 118 Å². The van der Waals surface area contributed by atoms with E-state index in [0.717, 1.165) is 21.2 Å². The van der Waals surface area contributed by atoms with E-state index in [9.17, 15) is 9.59 Å². The highest BCUT2D eigenvalue weighted by atomic mass is 79.9. The van der Waals surface area contributed by atoms with Gasteiger partial charge in [0.15, 0.2) is 5.78 Å². The Hall–Kier alpha value is -3.90. The van der Waals surface area contributed by atoms with E-state index in [1.165, 1.54) is 0 Å². The van der Waals surface area contributed by atoms with Crippen LogP contribution in [0, 0.1) is 0 Å². The highest BCUT2D eigenvalue weighted by molar-refractivity contribution is 9.10. The second-order valence-corrected chi connectivity index (χ2v) is 10.7. The normalized spacial score (nSPS) is 11.1. The molecule has 0 aromatic heterocycles. The molecule has 4 rings (SSSR count). The minimum atomic E-state index is -0.649. The van der Waals surface area contributed by atoms with Crippen molar-refractivity contribution < 1.29 is 19.1 Å². The molecule has 5 nitrogen and oxygen atoms in total. The van der Waals surface area contributed by atoms with E-state index in [2.05, 4.69) is 21.2 Å². The summed E-state index contributed by atoms with van der Waals surface area (Å²) in [6, 6.07) is 30.5. The second-order valence-electron chi connectivity index (χ2n) is 9.82. The van der Waals surface area contributed by atoms with Crippen molar-refractivity contribution in [2.24, 2.45) is 0 Å². The molecule has 0 unspecified atom stereocenters. The van der Waals surface area contributed by atoms with Crippen LogP contribution >= 0.6 is 15.9 Å². The third-order valence-corrected chi connectivity index (χ3v) is 6.16. The number of esters is 1. The third-order valence-electron chi connectivity index (χ3n) is 5.66. The van der Waals surface area contributed by atoms with Gasteiger partial charge in [0.05, 0.1) is 17.7 Å². The first kappa shape index (κ1) is 27.1. The minimum Gasteiger partial charge on any atom is -0.488 e. The molecule has 4 aromatic carbocycles. The topological polar surface area (TPSA) is 64.6 Å². The lowest BCUT2D eigenvalue weighted by molar-refractivity contribution is 0.00705. The third kappa shape index (κ3) is 7.33. The van der Waals surface area contributed by atoms with Crippen LogP contribution in [0.5, 0.6) is 5.75 Å². The molecule has 1 N–H and O–H groups in total. The van der Waals surface area contributed by atoms with Gasteiger partial charge in [-0.3, -0.25) is 4.79 Å². The molecular formula is C32H30BrNO4. The second kappa shape index (κ2) is 12.1. The quantitative estimate of drug-likeness (QED) is 0.163. The van der Waals surface area contributed by atoms with Gasteiger partial charge in [-0.15, -0.1) is 0 Å². The van der Waals surface area contributed by atoms with E-state index in [1.54, 1.807) is 18.2 Å². The molecule has 0 fully saturated rings. The highest BCUT2D eigenvalue weighted by Crippen LogP contribution is 2.29. The van der Waals surface area contributed by atoms with Crippen LogP contribution < -0.4 is 10.1 Å². The minimum absolute atomic E-state index is 0.0355. The van der Waals surface area contributed by atoms with Gasteiger partial charge in [0.25, 0.3) is 0 Å². The molecule has 0 heterocycles. The number of hydrogen-bond acceptors (Lipinski definition) is 5. The molecule has 0 amide bonds. The zero-order valence-corrected chi connectivity index (χ0v) is 23.2. The first-order valence-corrected chi connectivity index (χ1v) is 13.1. The molecular weight excluding hydrogens is 542 g/mol. The van der Waals surface area contributed by atoms with Crippen LogP contribution in [0.15, 0.2) is 102 Å². The van der Waals surface area contributed by atoms with Crippen molar-refractivity contribution >= 4 is 33.4 Å². The molecule has 38 heavy (non-hydrogen) atoms. The summed E-state index contributed by atoms with van der Waals surface area (Å²) in [5, 5.41) is 3.19. The summed E-state index contributed by atoms with van der Waals surface area (Å²) in [6.07, 6.45) is 0. The summed E-state index contributed by atoms with van der Waals surface area (Å²) in [5.41, 5.74) is 3.61. The Bertz CT molecular complexity index is 1410. The first-order chi connectivity index (χ1) is 18.2. The van der Waals surface area contributed by atoms with Gasteiger partial charge >= 0.3 is 5.97 Å². The monoisotopic (exact) mass is 571 g/mol. The lowest BCUT2D eigenvalue weighted by Crippen LogP contribution is -2.25. The SMILES string of the molecule is CC(C)(C)OC(=O)c1ccc(-c2ccccc2)cc1NCC(=O)c1cc(Br)ccc1OCc1ccccc1. The average Bonchev–Trinajstić information content (AvgIpc) is 2.91. The lowest BCUT2D eigenvalue weighted by atomic mass is 10.0. The summed E-state index contributed by atoms with van der Waals surface area (Å²) < 4.78 is 12.4. The summed E-state index contributed by atoms with van der Waals surface area (Å²) >= 11 is 3.46. The van der Waals surface area contributed by atoms with Crippen LogP contribution in [0.2, 0.25) is 0 Å². The summed E-state index contributed by atoms with van der Waals surface area (Å²) in [7, 11) is 0. The number of nitrogens with one attached hydrogen (secondary N) is 1. The van der Waals surface area contributed by atoms with Crippen molar-refractivity contribution in [2.75, 3.05) is 11.9 Å². The number of carbonyl (C=O) groups excluding carboxylic acids is 2. The molecule has 0 aliphatic heterocycles. The van der Waals surface area contributed by atoms with Crippen LogP contribution in [-0.4, -0.2) is 23.9 Å². The van der Waals surface area contributed by atoms with Crippen LogP contribution in [0.1, 0.15) is 47.1 Å². The molecule has 0 saturated carbocycles. The molecule has 0 bridgehead atoms. The van der Waals surface area contributed by atoms with Crippen LogP contribution in [0.3, 0.4) is 0 Å². The number of hydrogen-bond donors (Lipinski definition) is 1. The standard InChI is InChI=1S/C32H30BrNO4/c1-32(2,3)38-31(36)26-16-14-24(23-12-8-5-9-13-23)18-28(26)34-20-29(35)27-19-25(33)15-17-30(27)37-21-22-10-6-4-7-11-22/h4-19,34H,20-21H2,1-3H3. The van der Waals surface area contributed by atoms with E-state index in [0.29, 0.717) is 29.2 Å². The molecule has 0 saturated heterocycles. The Morgan fingerprint density at radius 1 is 0.789 bits per heavy atom.